The minimum absolute atomic E-state index is 0.391. The van der Waals surface area contributed by atoms with E-state index in [0.29, 0.717) is 28.1 Å². The van der Waals surface area contributed by atoms with Crippen LogP contribution in [-0.4, -0.2) is 9.13 Å². The molecule has 0 saturated heterocycles. The van der Waals surface area contributed by atoms with Gasteiger partial charge in [0, 0.05) is 80.0 Å². The summed E-state index contributed by atoms with van der Waals surface area (Å²) in [4.78, 5) is 0. The van der Waals surface area contributed by atoms with Gasteiger partial charge in [0.25, 0.3) is 0 Å². The largest absolute Gasteiger partial charge is 0.455 e. The van der Waals surface area contributed by atoms with E-state index in [1.165, 1.54) is 9.40 Å². The van der Waals surface area contributed by atoms with Gasteiger partial charge in [-0.1, -0.05) is 224 Å². The zero-order valence-corrected chi connectivity index (χ0v) is 48.1. The molecule has 0 aliphatic heterocycles. The van der Waals surface area contributed by atoms with Crippen molar-refractivity contribution in [3.63, 3.8) is 0 Å². The summed E-state index contributed by atoms with van der Waals surface area (Å²) in [5.74, 6) is 0. The molecule has 0 unspecified atom stereocenters. The lowest BCUT2D eigenvalue weighted by Gasteiger charge is -2.26. The third kappa shape index (κ3) is 7.04. The van der Waals surface area contributed by atoms with Crippen molar-refractivity contribution in [1.29, 1.82) is 10.5 Å². The van der Waals surface area contributed by atoms with Crippen molar-refractivity contribution < 1.29 is 4.42 Å². The van der Waals surface area contributed by atoms with E-state index in [4.69, 9.17) is 4.42 Å². The molecule has 87 heavy (non-hydrogen) atoms. The van der Waals surface area contributed by atoms with Gasteiger partial charge < -0.3 is 13.6 Å². The molecule has 0 spiro atoms. The molecule has 0 atom stereocenters. The zero-order valence-electron chi connectivity index (χ0n) is 46.4. The highest BCUT2D eigenvalue weighted by Crippen LogP contribution is 2.56. The Morgan fingerprint density at radius 2 is 0.759 bits per heavy atom. The van der Waals surface area contributed by atoms with Crippen molar-refractivity contribution in [1.82, 2.24) is 9.13 Å². The summed E-state index contributed by atoms with van der Waals surface area (Å²) in [6, 6.07) is 100. The highest BCUT2D eigenvalue weighted by atomic mass is 32.1. The van der Waals surface area contributed by atoms with E-state index in [9.17, 15) is 10.5 Å². The van der Waals surface area contributed by atoms with Gasteiger partial charge in [0.15, 0.2) is 0 Å². The van der Waals surface area contributed by atoms with E-state index in [0.717, 1.165) is 147 Å². The maximum atomic E-state index is 12.7. The summed E-state index contributed by atoms with van der Waals surface area (Å²) in [6.45, 7) is 0. The Kier molecular flexibility index (Phi) is 10.8. The number of para-hydroxylation sites is 3. The fraction of sp³-hybridized carbons (Fsp3) is 0. The number of furan rings is 1. The van der Waals surface area contributed by atoms with Gasteiger partial charge in [-0.2, -0.15) is 10.5 Å². The second-order valence-electron chi connectivity index (χ2n) is 22.3. The quantitative estimate of drug-likeness (QED) is 0.160. The number of hydrogen-bond acceptors (Lipinski definition) is 5. The van der Waals surface area contributed by atoms with E-state index in [2.05, 4.69) is 240 Å². The molecular formula is C80H44N4OS2. The number of hydrogen-bond donors (Lipinski definition) is 0. The minimum atomic E-state index is 0.391. The maximum absolute atomic E-state index is 12.7. The first-order chi connectivity index (χ1) is 43.1. The Hall–Kier alpha value is -11.3. The molecule has 5 heterocycles. The molecule has 0 saturated carbocycles. The molecule has 18 rings (SSSR count). The molecule has 0 radical (unpaired) electrons. The monoisotopic (exact) mass is 1140 g/mol. The molecule has 5 aromatic heterocycles. The van der Waals surface area contributed by atoms with E-state index in [1.807, 2.05) is 48.5 Å². The average molecular weight is 1140 g/mol. The van der Waals surface area contributed by atoms with Crippen LogP contribution < -0.4 is 0 Å². The van der Waals surface area contributed by atoms with Gasteiger partial charge in [-0.3, -0.25) is 0 Å². The first-order valence-corrected chi connectivity index (χ1v) is 30.7. The maximum Gasteiger partial charge on any atom is 0.143 e. The molecule has 0 amide bonds. The molecule has 0 bridgehead atoms. The predicted octanol–water partition coefficient (Wildman–Crippen LogP) is 22.6. The molecule has 0 aliphatic rings. The van der Waals surface area contributed by atoms with Crippen molar-refractivity contribution in [2.75, 3.05) is 0 Å². The van der Waals surface area contributed by atoms with Crippen molar-refractivity contribution in [2.24, 2.45) is 0 Å². The summed E-state index contributed by atoms with van der Waals surface area (Å²) in [5, 5.41) is 36.1. The Bertz CT molecular complexity index is 5840. The minimum Gasteiger partial charge on any atom is -0.455 e. The highest BCUT2D eigenvalue weighted by Gasteiger charge is 2.35. The summed E-state index contributed by atoms with van der Waals surface area (Å²) < 4.78 is 16.2. The second kappa shape index (κ2) is 19.1. The van der Waals surface area contributed by atoms with Crippen LogP contribution in [0.15, 0.2) is 271 Å². The topological polar surface area (TPSA) is 70.6 Å². The van der Waals surface area contributed by atoms with Crippen LogP contribution in [0.25, 0.3) is 173 Å². The van der Waals surface area contributed by atoms with Crippen LogP contribution in [-0.2, 0) is 0 Å². The average Bonchev–Trinajstić information content (AvgIpc) is 1.56. The highest BCUT2D eigenvalue weighted by molar-refractivity contribution is 7.27. The van der Waals surface area contributed by atoms with E-state index < -0.39 is 0 Å². The molecule has 7 heteroatoms. The third-order valence-corrected chi connectivity index (χ3v) is 20.2. The van der Waals surface area contributed by atoms with Crippen LogP contribution in [0, 0.1) is 22.7 Å². The van der Waals surface area contributed by atoms with E-state index >= 15 is 0 Å². The lowest BCUT2D eigenvalue weighted by atomic mass is 9.86. The SMILES string of the molecule is N#Cc1c(-c2ccccc2)c(C#N)c(-n2c3c4sc5ccccc5c4cc(-c4ccccc4)c3c3c(-c4ccccc4)cc4c5ccccc5sc4c32)c(-c2ccccc2)c1-n1c2ccccc2c2c(-c3cccc4c3oc3ccccc34)cccc21. The molecule has 0 fully saturated rings. The Morgan fingerprint density at radius 1 is 0.322 bits per heavy atom. The lowest BCUT2D eigenvalue weighted by Crippen LogP contribution is -2.11. The molecule has 402 valence electrons. The van der Waals surface area contributed by atoms with Gasteiger partial charge in [0.1, 0.15) is 23.3 Å². The normalized spacial score (nSPS) is 11.9. The standard InChI is InChI=1S/C80H44N4OS2/c81-45-62-69(49-27-9-3-10-28-49)63(46-82)75(70(50-29-11-4-12-30-50)74(62)83-64-38-17-13-34-57(64)71-54(35-22-39-65(71)83)56-37-21-36-55-51-31-14-18-40-66(51)85-78(55)56)84-76-72(58(47-23-5-1-6-24-47)43-60-52-32-15-19-41-67(52)86-79(60)76)73-59(48-25-7-2-8-26-48)44-61-53-33-16-20-42-68(53)87-80(61)77(73)84/h1-44H. The van der Waals surface area contributed by atoms with E-state index in [-0.39, 0.29) is 0 Å². The summed E-state index contributed by atoms with van der Waals surface area (Å²) >= 11 is 3.59. The number of nitriles is 2. The second-order valence-corrected chi connectivity index (χ2v) is 24.4. The fourth-order valence-corrected chi connectivity index (χ4v) is 16.7. The number of fused-ring (bicyclic) bond motifs is 17. The van der Waals surface area contributed by atoms with Crippen LogP contribution in [0.5, 0.6) is 0 Å². The molecular weight excluding hydrogens is 1100 g/mol. The Labute approximate surface area is 506 Å². The van der Waals surface area contributed by atoms with Crippen LogP contribution in [0.3, 0.4) is 0 Å². The van der Waals surface area contributed by atoms with Crippen LogP contribution >= 0.6 is 22.7 Å². The van der Waals surface area contributed by atoms with Crippen molar-refractivity contribution in [3.8, 4) is 79.1 Å². The summed E-state index contributed by atoms with van der Waals surface area (Å²) in [7, 11) is 0. The van der Waals surface area contributed by atoms with Crippen LogP contribution in [0.1, 0.15) is 11.1 Å². The predicted molar refractivity (Wildman–Crippen MR) is 365 cm³/mol. The van der Waals surface area contributed by atoms with E-state index in [1.54, 1.807) is 22.7 Å². The smallest absolute Gasteiger partial charge is 0.143 e. The van der Waals surface area contributed by atoms with Gasteiger partial charge in [0.05, 0.1) is 54.0 Å². The van der Waals surface area contributed by atoms with Crippen LogP contribution in [0.4, 0.5) is 0 Å². The lowest BCUT2D eigenvalue weighted by molar-refractivity contribution is 0.670. The first-order valence-electron chi connectivity index (χ1n) is 29.1. The number of aromatic nitrogens is 2. The Balaban J connectivity index is 1.13. The van der Waals surface area contributed by atoms with Gasteiger partial charge in [-0.05, 0) is 81.4 Å². The number of thiophene rings is 2. The summed E-state index contributed by atoms with van der Waals surface area (Å²) in [5.41, 5.74) is 16.9. The fourth-order valence-electron chi connectivity index (χ4n) is 14.2. The van der Waals surface area contributed by atoms with Gasteiger partial charge >= 0.3 is 0 Å². The van der Waals surface area contributed by atoms with Gasteiger partial charge in [-0.25, -0.2) is 0 Å². The zero-order chi connectivity index (χ0) is 57.4. The Morgan fingerprint density at radius 3 is 1.33 bits per heavy atom. The molecule has 13 aromatic carbocycles. The number of rotatable bonds is 7. The van der Waals surface area contributed by atoms with Crippen molar-refractivity contribution in [2.45, 2.75) is 0 Å². The van der Waals surface area contributed by atoms with Crippen molar-refractivity contribution in [3.05, 3.63) is 278 Å². The number of nitrogens with zero attached hydrogens (tertiary/aromatic N) is 4. The first kappa shape index (κ1) is 49.1. The number of benzene rings is 13. The summed E-state index contributed by atoms with van der Waals surface area (Å²) in [6.07, 6.45) is 0. The molecule has 18 aromatic rings. The van der Waals surface area contributed by atoms with Crippen LogP contribution in [0.2, 0.25) is 0 Å². The third-order valence-electron chi connectivity index (χ3n) is 17.8. The van der Waals surface area contributed by atoms with Gasteiger partial charge in [0.2, 0.25) is 0 Å². The molecule has 0 aliphatic carbocycles. The van der Waals surface area contributed by atoms with Crippen molar-refractivity contribution >= 4 is 129 Å². The molecule has 5 nitrogen and oxygen atoms in total. The van der Waals surface area contributed by atoms with Gasteiger partial charge in [-0.15, -0.1) is 22.7 Å². The molecule has 0 N–H and O–H groups in total.